The first-order chi connectivity index (χ1) is 9.28. The highest BCUT2D eigenvalue weighted by Gasteiger charge is 2.11. The van der Waals surface area contributed by atoms with Crippen LogP contribution in [0, 0.1) is 6.92 Å². The molecule has 4 heteroatoms. The Hall–Kier alpha value is -2.07. The van der Waals surface area contributed by atoms with Crippen LogP contribution in [0.2, 0.25) is 0 Å². The molecule has 1 aromatic carbocycles. The van der Waals surface area contributed by atoms with Gasteiger partial charge in [0.2, 0.25) is 0 Å². The minimum Gasteiger partial charge on any atom is -0.497 e. The van der Waals surface area contributed by atoms with Gasteiger partial charge in [-0.25, -0.2) is 0 Å². The Kier molecular flexibility index (Phi) is 3.09. The van der Waals surface area contributed by atoms with E-state index in [1.807, 2.05) is 30.3 Å². The molecule has 19 heavy (non-hydrogen) atoms. The van der Waals surface area contributed by atoms with Gasteiger partial charge in [-0.3, -0.25) is 0 Å². The number of aryl methyl sites for hydroxylation is 1. The second-order valence-electron chi connectivity index (χ2n) is 4.24. The van der Waals surface area contributed by atoms with E-state index in [4.69, 9.17) is 9.26 Å². The Morgan fingerprint density at radius 2 is 1.95 bits per heavy atom. The van der Waals surface area contributed by atoms with Gasteiger partial charge in [0.1, 0.15) is 11.4 Å². The summed E-state index contributed by atoms with van der Waals surface area (Å²) in [6.07, 6.45) is 0. The zero-order valence-electron chi connectivity index (χ0n) is 10.7. The van der Waals surface area contributed by atoms with Crippen LogP contribution in [0.1, 0.15) is 5.56 Å². The van der Waals surface area contributed by atoms with E-state index >= 15 is 0 Å². The Balaban J connectivity index is 1.94. The van der Waals surface area contributed by atoms with Crippen molar-refractivity contribution in [1.82, 2.24) is 5.16 Å². The second kappa shape index (κ2) is 4.90. The van der Waals surface area contributed by atoms with Crippen LogP contribution in [0.4, 0.5) is 0 Å². The van der Waals surface area contributed by atoms with Crippen LogP contribution in [0.15, 0.2) is 46.3 Å². The zero-order valence-corrected chi connectivity index (χ0v) is 11.5. The van der Waals surface area contributed by atoms with Gasteiger partial charge >= 0.3 is 0 Å². The fourth-order valence-electron chi connectivity index (χ4n) is 1.91. The van der Waals surface area contributed by atoms with Gasteiger partial charge < -0.3 is 9.26 Å². The minimum absolute atomic E-state index is 0.818. The van der Waals surface area contributed by atoms with Crippen LogP contribution in [0.3, 0.4) is 0 Å². The topological polar surface area (TPSA) is 35.3 Å². The monoisotopic (exact) mass is 271 g/mol. The Labute approximate surface area is 115 Å². The van der Waals surface area contributed by atoms with E-state index in [0.717, 1.165) is 27.6 Å². The molecule has 3 rings (SSSR count). The molecule has 3 aromatic rings. The van der Waals surface area contributed by atoms with Gasteiger partial charge in [0.05, 0.1) is 12.0 Å². The maximum absolute atomic E-state index is 5.43. The number of hydrogen-bond donors (Lipinski definition) is 0. The third kappa shape index (κ3) is 2.27. The van der Waals surface area contributed by atoms with Crippen molar-refractivity contribution in [2.75, 3.05) is 7.11 Å². The maximum atomic E-state index is 5.43. The number of thiophene rings is 1. The smallest absolute Gasteiger partial charge is 0.177 e. The summed E-state index contributed by atoms with van der Waals surface area (Å²) in [6, 6.07) is 11.8. The average Bonchev–Trinajstić information content (AvgIpc) is 3.07. The van der Waals surface area contributed by atoms with Crippen molar-refractivity contribution < 1.29 is 9.26 Å². The van der Waals surface area contributed by atoms with E-state index in [2.05, 4.69) is 23.5 Å². The van der Waals surface area contributed by atoms with E-state index in [-0.39, 0.29) is 0 Å². The Bertz CT molecular complexity index is 682. The lowest BCUT2D eigenvalue weighted by Crippen LogP contribution is -1.82. The molecule has 3 nitrogen and oxygen atoms in total. The molecule has 0 amide bonds. The predicted molar refractivity (Wildman–Crippen MR) is 76.5 cm³/mol. The summed E-state index contributed by atoms with van der Waals surface area (Å²) in [7, 11) is 1.66. The highest BCUT2D eigenvalue weighted by Crippen LogP contribution is 2.32. The lowest BCUT2D eigenvalue weighted by molar-refractivity contribution is 0.415. The fourth-order valence-corrected chi connectivity index (χ4v) is 2.78. The number of rotatable bonds is 3. The number of methoxy groups -OCH3 is 1. The van der Waals surface area contributed by atoms with Crippen molar-refractivity contribution in [3.8, 4) is 27.6 Å². The number of aromatic nitrogens is 1. The standard InChI is InChI=1S/C15H13NO2S/c1-10-7-8-19-15(10)14-9-13(16-18-14)11-3-5-12(17-2)6-4-11/h3-9H,1-2H3. The fraction of sp³-hybridized carbons (Fsp3) is 0.133. The molecule has 0 aliphatic rings. The molecule has 0 radical (unpaired) electrons. The number of benzene rings is 1. The van der Waals surface area contributed by atoms with Crippen LogP contribution < -0.4 is 4.74 Å². The van der Waals surface area contributed by atoms with E-state index in [0.29, 0.717) is 0 Å². The largest absolute Gasteiger partial charge is 0.497 e. The van der Waals surface area contributed by atoms with Crippen LogP contribution >= 0.6 is 11.3 Å². The molecule has 96 valence electrons. The Morgan fingerprint density at radius 1 is 1.16 bits per heavy atom. The van der Waals surface area contributed by atoms with Gasteiger partial charge in [0.25, 0.3) is 0 Å². The summed E-state index contributed by atoms with van der Waals surface area (Å²) in [5, 5.41) is 6.19. The molecule has 0 fully saturated rings. The average molecular weight is 271 g/mol. The molecule has 0 aliphatic carbocycles. The lowest BCUT2D eigenvalue weighted by atomic mass is 10.1. The molecule has 0 saturated carbocycles. The van der Waals surface area contributed by atoms with Gasteiger partial charge in [-0.15, -0.1) is 11.3 Å². The molecule has 2 aromatic heterocycles. The van der Waals surface area contributed by atoms with Gasteiger partial charge in [-0.05, 0) is 48.2 Å². The first-order valence-corrected chi connectivity index (χ1v) is 6.81. The number of nitrogens with zero attached hydrogens (tertiary/aromatic N) is 1. The quantitative estimate of drug-likeness (QED) is 0.708. The van der Waals surface area contributed by atoms with Crippen molar-refractivity contribution in [3.63, 3.8) is 0 Å². The maximum Gasteiger partial charge on any atom is 0.177 e. The van der Waals surface area contributed by atoms with E-state index in [1.54, 1.807) is 18.4 Å². The van der Waals surface area contributed by atoms with Crippen LogP contribution in [0.5, 0.6) is 5.75 Å². The first-order valence-electron chi connectivity index (χ1n) is 5.93. The zero-order chi connectivity index (χ0) is 13.2. The summed E-state index contributed by atoms with van der Waals surface area (Å²) >= 11 is 1.66. The van der Waals surface area contributed by atoms with Crippen molar-refractivity contribution in [2.45, 2.75) is 6.92 Å². The highest BCUT2D eigenvalue weighted by molar-refractivity contribution is 7.13. The summed E-state index contributed by atoms with van der Waals surface area (Å²) in [5.74, 6) is 1.65. The van der Waals surface area contributed by atoms with Crippen molar-refractivity contribution in [3.05, 3.63) is 47.3 Å². The molecule has 0 atom stereocenters. The van der Waals surface area contributed by atoms with Crippen LogP contribution in [-0.2, 0) is 0 Å². The summed E-state index contributed by atoms with van der Waals surface area (Å²) in [5.41, 5.74) is 3.07. The highest BCUT2D eigenvalue weighted by atomic mass is 32.1. The molecule has 2 heterocycles. The van der Waals surface area contributed by atoms with E-state index in [9.17, 15) is 0 Å². The molecule has 0 saturated heterocycles. The van der Waals surface area contributed by atoms with Gasteiger partial charge in [0, 0.05) is 11.6 Å². The van der Waals surface area contributed by atoms with Crippen LogP contribution in [-0.4, -0.2) is 12.3 Å². The van der Waals surface area contributed by atoms with E-state index < -0.39 is 0 Å². The van der Waals surface area contributed by atoms with Gasteiger partial charge in [0.15, 0.2) is 5.76 Å². The Morgan fingerprint density at radius 3 is 2.58 bits per heavy atom. The molecular weight excluding hydrogens is 258 g/mol. The lowest BCUT2D eigenvalue weighted by Gasteiger charge is -1.99. The molecule has 0 aliphatic heterocycles. The summed E-state index contributed by atoms with van der Waals surface area (Å²) in [6.45, 7) is 2.07. The number of hydrogen-bond acceptors (Lipinski definition) is 4. The molecule has 0 unspecified atom stereocenters. The third-order valence-electron chi connectivity index (χ3n) is 2.98. The molecule has 0 spiro atoms. The predicted octanol–water partition coefficient (Wildman–Crippen LogP) is 4.39. The SMILES string of the molecule is COc1ccc(-c2cc(-c3sccc3C)on2)cc1. The van der Waals surface area contributed by atoms with Gasteiger partial charge in [-0.1, -0.05) is 5.16 Å². The third-order valence-corrected chi connectivity index (χ3v) is 4.01. The molecule has 0 bridgehead atoms. The van der Waals surface area contributed by atoms with Gasteiger partial charge in [-0.2, -0.15) is 0 Å². The van der Waals surface area contributed by atoms with Crippen molar-refractivity contribution in [1.29, 1.82) is 0 Å². The summed E-state index contributed by atoms with van der Waals surface area (Å²) in [4.78, 5) is 1.13. The molecular formula is C15H13NO2S. The minimum atomic E-state index is 0.818. The summed E-state index contributed by atoms with van der Waals surface area (Å²) < 4.78 is 10.6. The van der Waals surface area contributed by atoms with E-state index in [1.165, 1.54) is 5.56 Å². The first kappa shape index (κ1) is 12.0. The second-order valence-corrected chi connectivity index (χ2v) is 5.15. The van der Waals surface area contributed by atoms with Crippen molar-refractivity contribution >= 4 is 11.3 Å². The van der Waals surface area contributed by atoms with Crippen molar-refractivity contribution in [2.24, 2.45) is 0 Å². The normalized spacial score (nSPS) is 10.6. The van der Waals surface area contributed by atoms with Crippen LogP contribution in [0.25, 0.3) is 21.9 Å². The number of ether oxygens (including phenoxy) is 1. The molecule has 0 N–H and O–H groups in total.